The maximum atomic E-state index is 13.4. The summed E-state index contributed by atoms with van der Waals surface area (Å²) in [5, 5.41) is 0.636. The third kappa shape index (κ3) is 2.20. The maximum absolute atomic E-state index is 13.4. The summed E-state index contributed by atoms with van der Waals surface area (Å²) in [6.45, 7) is 2.41. The molecule has 4 nitrogen and oxygen atoms in total. The van der Waals surface area contributed by atoms with Crippen LogP contribution in [0.15, 0.2) is 40.9 Å². The van der Waals surface area contributed by atoms with Gasteiger partial charge >= 0.3 is 0 Å². The SMILES string of the molecule is Cc1c(C(=O)N2CCCc3ncccc32)oc2ccc(F)cc12. The van der Waals surface area contributed by atoms with E-state index in [4.69, 9.17) is 4.42 Å². The fourth-order valence-electron chi connectivity index (χ4n) is 3.12. The Hall–Kier alpha value is -2.69. The van der Waals surface area contributed by atoms with E-state index in [1.807, 2.05) is 12.1 Å². The number of rotatable bonds is 1. The molecule has 0 fully saturated rings. The smallest absolute Gasteiger partial charge is 0.294 e. The number of amides is 1. The monoisotopic (exact) mass is 310 g/mol. The van der Waals surface area contributed by atoms with Crippen molar-refractivity contribution in [1.82, 2.24) is 4.98 Å². The van der Waals surface area contributed by atoms with Gasteiger partial charge in [-0.1, -0.05) is 0 Å². The Morgan fingerprint density at radius 2 is 2.22 bits per heavy atom. The highest BCUT2D eigenvalue weighted by atomic mass is 19.1. The number of aromatic nitrogens is 1. The van der Waals surface area contributed by atoms with E-state index in [1.165, 1.54) is 12.1 Å². The van der Waals surface area contributed by atoms with Crippen LogP contribution < -0.4 is 4.90 Å². The Balaban J connectivity index is 1.80. The summed E-state index contributed by atoms with van der Waals surface area (Å²) in [4.78, 5) is 19.0. The van der Waals surface area contributed by atoms with Gasteiger partial charge in [0.25, 0.3) is 5.91 Å². The topological polar surface area (TPSA) is 46.3 Å². The van der Waals surface area contributed by atoms with Crippen LogP contribution in [-0.4, -0.2) is 17.4 Å². The summed E-state index contributed by atoms with van der Waals surface area (Å²) in [6.07, 6.45) is 3.47. The molecule has 1 aliphatic heterocycles. The van der Waals surface area contributed by atoms with Gasteiger partial charge in [-0.2, -0.15) is 0 Å². The molecule has 1 aromatic carbocycles. The molecular weight excluding hydrogens is 295 g/mol. The third-order valence-electron chi connectivity index (χ3n) is 4.29. The number of hydrogen-bond acceptors (Lipinski definition) is 3. The average molecular weight is 310 g/mol. The molecule has 5 heteroatoms. The van der Waals surface area contributed by atoms with Crippen LogP contribution in [-0.2, 0) is 6.42 Å². The zero-order chi connectivity index (χ0) is 16.0. The van der Waals surface area contributed by atoms with Crippen molar-refractivity contribution in [2.45, 2.75) is 19.8 Å². The van der Waals surface area contributed by atoms with Gasteiger partial charge in [-0.15, -0.1) is 0 Å². The van der Waals surface area contributed by atoms with Crippen molar-refractivity contribution < 1.29 is 13.6 Å². The van der Waals surface area contributed by atoms with Gasteiger partial charge in [-0.05, 0) is 50.1 Å². The molecule has 4 rings (SSSR count). The molecule has 0 bridgehead atoms. The zero-order valence-corrected chi connectivity index (χ0v) is 12.7. The number of anilines is 1. The van der Waals surface area contributed by atoms with E-state index in [0.717, 1.165) is 24.2 Å². The number of furan rings is 1. The summed E-state index contributed by atoms with van der Waals surface area (Å²) in [5.41, 5.74) is 2.94. The fourth-order valence-corrected chi connectivity index (χ4v) is 3.12. The lowest BCUT2D eigenvalue weighted by Gasteiger charge is -2.28. The number of benzene rings is 1. The molecule has 3 aromatic rings. The Labute approximate surface area is 132 Å². The van der Waals surface area contributed by atoms with E-state index in [-0.39, 0.29) is 17.5 Å². The lowest BCUT2D eigenvalue weighted by Crippen LogP contribution is -2.35. The van der Waals surface area contributed by atoms with Crippen LogP contribution in [0, 0.1) is 12.7 Å². The maximum Gasteiger partial charge on any atom is 0.294 e. The van der Waals surface area contributed by atoms with Crippen molar-refractivity contribution in [2.75, 3.05) is 11.4 Å². The molecule has 1 aliphatic rings. The Morgan fingerprint density at radius 3 is 3.09 bits per heavy atom. The first-order valence-electron chi connectivity index (χ1n) is 7.59. The van der Waals surface area contributed by atoms with Crippen LogP contribution >= 0.6 is 0 Å². The normalized spacial score (nSPS) is 14.1. The molecule has 116 valence electrons. The molecular formula is C18H15FN2O2. The zero-order valence-electron chi connectivity index (χ0n) is 12.7. The number of aryl methyl sites for hydroxylation is 2. The Bertz CT molecular complexity index is 917. The minimum atomic E-state index is -0.340. The Kier molecular flexibility index (Phi) is 3.15. The molecule has 23 heavy (non-hydrogen) atoms. The van der Waals surface area contributed by atoms with Crippen LogP contribution in [0.1, 0.15) is 28.2 Å². The molecule has 2 aromatic heterocycles. The lowest BCUT2D eigenvalue weighted by molar-refractivity contribution is 0.0959. The van der Waals surface area contributed by atoms with Gasteiger partial charge in [0.1, 0.15) is 11.4 Å². The summed E-state index contributed by atoms with van der Waals surface area (Å²) >= 11 is 0. The standard InChI is InChI=1S/C18H15FN2O2/c1-11-13-10-12(19)6-7-16(13)23-17(11)18(22)21-9-3-4-14-15(21)5-2-8-20-14/h2,5-8,10H,3-4,9H2,1H3. The molecule has 1 amide bonds. The quantitative estimate of drug-likeness (QED) is 0.685. The number of halogens is 1. The molecule has 0 saturated heterocycles. The second-order valence-electron chi connectivity index (χ2n) is 5.73. The van der Waals surface area contributed by atoms with Gasteiger partial charge in [-0.3, -0.25) is 9.78 Å². The van der Waals surface area contributed by atoms with Crippen LogP contribution in [0.3, 0.4) is 0 Å². The predicted molar refractivity (Wildman–Crippen MR) is 85.1 cm³/mol. The third-order valence-corrected chi connectivity index (χ3v) is 4.29. The van der Waals surface area contributed by atoms with Crippen molar-refractivity contribution in [2.24, 2.45) is 0 Å². The molecule has 0 atom stereocenters. The van der Waals surface area contributed by atoms with E-state index >= 15 is 0 Å². The summed E-state index contributed by atoms with van der Waals surface area (Å²) in [7, 11) is 0. The van der Waals surface area contributed by atoms with Crippen LogP contribution in [0.25, 0.3) is 11.0 Å². The van der Waals surface area contributed by atoms with E-state index in [0.29, 0.717) is 23.1 Å². The largest absolute Gasteiger partial charge is 0.451 e. The van der Waals surface area contributed by atoms with E-state index in [9.17, 15) is 9.18 Å². The van der Waals surface area contributed by atoms with Gasteiger partial charge < -0.3 is 9.32 Å². The summed E-state index contributed by atoms with van der Waals surface area (Å²) < 4.78 is 19.1. The fraction of sp³-hybridized carbons (Fsp3) is 0.222. The molecule has 0 saturated carbocycles. The average Bonchev–Trinajstić information content (AvgIpc) is 2.90. The highest BCUT2D eigenvalue weighted by molar-refractivity contribution is 6.08. The molecule has 0 radical (unpaired) electrons. The number of nitrogens with zero attached hydrogens (tertiary/aromatic N) is 2. The number of fused-ring (bicyclic) bond motifs is 2. The number of carbonyl (C=O) groups is 1. The second kappa shape index (κ2) is 5.19. The van der Waals surface area contributed by atoms with Crippen molar-refractivity contribution >= 4 is 22.6 Å². The van der Waals surface area contributed by atoms with Crippen molar-refractivity contribution in [3.8, 4) is 0 Å². The van der Waals surface area contributed by atoms with E-state index < -0.39 is 0 Å². The molecule has 0 aliphatic carbocycles. The van der Waals surface area contributed by atoms with Crippen molar-refractivity contribution in [1.29, 1.82) is 0 Å². The first-order valence-corrected chi connectivity index (χ1v) is 7.59. The van der Waals surface area contributed by atoms with E-state index in [1.54, 1.807) is 24.1 Å². The lowest BCUT2D eigenvalue weighted by atomic mass is 10.1. The molecule has 0 N–H and O–H groups in total. The van der Waals surface area contributed by atoms with Gasteiger partial charge in [-0.25, -0.2) is 4.39 Å². The van der Waals surface area contributed by atoms with E-state index in [2.05, 4.69) is 4.98 Å². The summed E-state index contributed by atoms with van der Waals surface area (Å²) in [5.74, 6) is -0.275. The van der Waals surface area contributed by atoms with Gasteiger partial charge in [0.05, 0.1) is 11.4 Å². The minimum absolute atomic E-state index is 0.201. The van der Waals surface area contributed by atoms with Crippen LogP contribution in [0.5, 0.6) is 0 Å². The Morgan fingerprint density at radius 1 is 1.35 bits per heavy atom. The highest BCUT2D eigenvalue weighted by Crippen LogP contribution is 2.31. The molecule has 0 spiro atoms. The van der Waals surface area contributed by atoms with Crippen LogP contribution in [0.2, 0.25) is 0 Å². The summed E-state index contributed by atoms with van der Waals surface area (Å²) in [6, 6.07) is 8.01. The number of pyridine rings is 1. The highest BCUT2D eigenvalue weighted by Gasteiger charge is 2.28. The molecule has 3 heterocycles. The number of carbonyl (C=O) groups excluding carboxylic acids is 1. The first kappa shape index (κ1) is 13.9. The first-order chi connectivity index (χ1) is 11.1. The van der Waals surface area contributed by atoms with Crippen molar-refractivity contribution in [3.05, 3.63) is 59.4 Å². The van der Waals surface area contributed by atoms with Gasteiger partial charge in [0.15, 0.2) is 5.76 Å². The van der Waals surface area contributed by atoms with Crippen molar-refractivity contribution in [3.63, 3.8) is 0 Å². The van der Waals surface area contributed by atoms with Gasteiger partial charge in [0.2, 0.25) is 0 Å². The minimum Gasteiger partial charge on any atom is -0.451 e. The predicted octanol–water partition coefficient (Wildman–Crippen LogP) is 3.87. The van der Waals surface area contributed by atoms with Gasteiger partial charge in [0, 0.05) is 23.7 Å². The van der Waals surface area contributed by atoms with Crippen LogP contribution in [0.4, 0.5) is 10.1 Å². The second-order valence-corrected chi connectivity index (χ2v) is 5.73. The molecule has 0 unspecified atom stereocenters. The number of hydrogen-bond donors (Lipinski definition) is 0.